The van der Waals surface area contributed by atoms with Crippen LogP contribution in [0.4, 0.5) is 11.5 Å². The molecule has 3 heterocycles. The number of thioether (sulfide) groups is 1. The van der Waals surface area contributed by atoms with E-state index in [4.69, 9.17) is 11.6 Å². The predicted molar refractivity (Wildman–Crippen MR) is 118 cm³/mol. The van der Waals surface area contributed by atoms with Crippen molar-refractivity contribution in [2.75, 3.05) is 10.7 Å². The highest BCUT2D eigenvalue weighted by atomic mass is 35.5. The van der Waals surface area contributed by atoms with Crippen LogP contribution in [0.3, 0.4) is 0 Å². The van der Waals surface area contributed by atoms with Gasteiger partial charge in [-0.25, -0.2) is 4.98 Å². The van der Waals surface area contributed by atoms with Crippen LogP contribution in [0.25, 0.3) is 5.03 Å². The Morgan fingerprint density at radius 1 is 1.30 bits per heavy atom. The van der Waals surface area contributed by atoms with Crippen molar-refractivity contribution in [1.29, 1.82) is 0 Å². The van der Waals surface area contributed by atoms with Crippen molar-refractivity contribution in [3.63, 3.8) is 0 Å². The van der Waals surface area contributed by atoms with Gasteiger partial charge in [0.05, 0.1) is 18.4 Å². The summed E-state index contributed by atoms with van der Waals surface area (Å²) in [5.41, 5.74) is 5.97. The number of nitrogens with one attached hydrogen (secondary N) is 3. The van der Waals surface area contributed by atoms with Crippen LogP contribution in [0.1, 0.15) is 24.2 Å². The maximum absolute atomic E-state index is 11.9. The Bertz CT molecular complexity index is 1120. The molecule has 30 heavy (non-hydrogen) atoms. The molecule has 8 nitrogen and oxygen atoms in total. The lowest BCUT2D eigenvalue weighted by molar-refractivity contribution is -0.117. The number of fused-ring (bicyclic) bond motifs is 1. The van der Waals surface area contributed by atoms with Crippen LogP contribution in [0.15, 0.2) is 47.8 Å². The highest BCUT2D eigenvalue weighted by Gasteiger charge is 2.29. The Labute approximate surface area is 182 Å². The molecular weight excluding hydrogens is 422 g/mol. The summed E-state index contributed by atoms with van der Waals surface area (Å²) in [7, 11) is 0. The number of rotatable bonds is 6. The van der Waals surface area contributed by atoms with Crippen molar-refractivity contribution < 1.29 is 4.79 Å². The summed E-state index contributed by atoms with van der Waals surface area (Å²) in [6.07, 6.45) is 5.72. The van der Waals surface area contributed by atoms with E-state index in [1.165, 1.54) is 0 Å². The molecule has 10 heteroatoms. The van der Waals surface area contributed by atoms with Crippen LogP contribution in [-0.2, 0) is 11.3 Å². The lowest BCUT2D eigenvalue weighted by Gasteiger charge is -2.28. The lowest BCUT2D eigenvalue weighted by Crippen LogP contribution is -2.29. The van der Waals surface area contributed by atoms with Crippen LogP contribution in [0.2, 0.25) is 5.15 Å². The van der Waals surface area contributed by atoms with Gasteiger partial charge in [-0.15, -0.1) is 0 Å². The normalized spacial score (nSPS) is 15.5. The molecule has 1 aromatic carbocycles. The summed E-state index contributed by atoms with van der Waals surface area (Å²) in [4.78, 5) is 17.2. The van der Waals surface area contributed by atoms with Gasteiger partial charge in [0.1, 0.15) is 11.4 Å². The number of imidazole rings is 1. The van der Waals surface area contributed by atoms with E-state index in [1.807, 2.05) is 53.0 Å². The number of aromatic amines is 1. The monoisotopic (exact) mass is 441 g/mol. The van der Waals surface area contributed by atoms with Gasteiger partial charge in [0.25, 0.3) is 0 Å². The van der Waals surface area contributed by atoms with Crippen molar-refractivity contribution in [2.24, 2.45) is 5.92 Å². The topological polar surface area (TPSA) is 90.9 Å². The van der Waals surface area contributed by atoms with E-state index in [0.29, 0.717) is 11.7 Å². The zero-order valence-corrected chi connectivity index (χ0v) is 17.8. The molecule has 2 aliphatic rings. The number of hydrogen-bond acceptors (Lipinski definition) is 6. The largest absolute Gasteiger partial charge is 0.326 e. The van der Waals surface area contributed by atoms with Gasteiger partial charge in [-0.1, -0.05) is 23.4 Å². The van der Waals surface area contributed by atoms with Gasteiger partial charge in [0.15, 0.2) is 11.0 Å². The third-order valence-corrected chi connectivity index (χ3v) is 6.23. The molecule has 1 saturated carbocycles. The molecule has 0 unspecified atom stereocenters. The summed E-state index contributed by atoms with van der Waals surface area (Å²) in [5, 5.41) is 13.5. The van der Waals surface area contributed by atoms with Gasteiger partial charge in [-0.2, -0.15) is 5.10 Å². The molecule has 3 aromatic rings. The maximum atomic E-state index is 11.9. The summed E-state index contributed by atoms with van der Waals surface area (Å²) in [5.74, 6) is 1.03. The first-order valence-corrected chi connectivity index (χ1v) is 10.8. The fourth-order valence-electron chi connectivity index (χ4n) is 3.17. The number of benzene rings is 1. The molecule has 2 aromatic heterocycles. The molecule has 1 amide bonds. The molecular formula is C20H20ClN7OS. The predicted octanol–water partition coefficient (Wildman–Crippen LogP) is 4.31. The van der Waals surface area contributed by atoms with Crippen LogP contribution in [0.5, 0.6) is 0 Å². The van der Waals surface area contributed by atoms with Gasteiger partial charge in [-0.3, -0.25) is 24.9 Å². The first kappa shape index (κ1) is 19.1. The quantitative estimate of drug-likeness (QED) is 0.528. The number of amides is 1. The van der Waals surface area contributed by atoms with E-state index in [0.717, 1.165) is 45.7 Å². The molecule has 1 aliphatic carbocycles. The Hall–Kier alpha value is -2.91. The molecule has 0 spiro atoms. The van der Waals surface area contributed by atoms with Crippen molar-refractivity contribution >= 4 is 45.8 Å². The number of nitrogens with zero attached hydrogens (tertiary/aromatic N) is 4. The molecule has 0 saturated heterocycles. The van der Waals surface area contributed by atoms with Crippen LogP contribution < -0.4 is 10.7 Å². The molecule has 0 atom stereocenters. The summed E-state index contributed by atoms with van der Waals surface area (Å²) in [6.45, 7) is 2.51. The number of aromatic nitrogens is 4. The molecule has 0 bridgehead atoms. The average molecular weight is 442 g/mol. The van der Waals surface area contributed by atoms with E-state index in [2.05, 4.69) is 25.9 Å². The molecule has 0 radical (unpaired) electrons. The number of aryl methyl sites for hydroxylation is 1. The summed E-state index contributed by atoms with van der Waals surface area (Å²) in [6, 6.07) is 9.78. The highest BCUT2D eigenvalue weighted by Crippen LogP contribution is 2.37. The zero-order chi connectivity index (χ0) is 20.7. The highest BCUT2D eigenvalue weighted by molar-refractivity contribution is 8.08. The van der Waals surface area contributed by atoms with Gasteiger partial charge in [0, 0.05) is 28.3 Å². The second-order valence-electron chi connectivity index (χ2n) is 7.39. The number of halogens is 1. The minimum absolute atomic E-state index is 0.110. The second kappa shape index (κ2) is 7.73. The fraction of sp³-hybridized carbons (Fsp3) is 0.250. The van der Waals surface area contributed by atoms with E-state index < -0.39 is 0 Å². The molecule has 1 fully saturated rings. The summed E-state index contributed by atoms with van der Waals surface area (Å²) < 4.78 is 1.99. The standard InChI is InChI=1S/C20H20ClN7OS/c1-12-8-17(25-24-12)26-27-9-16-19(21)22-11-28(16)18(10-27)30-15-6-4-14(5-7-15)23-20(29)13-2-3-13/h4-8,10-11,13H,2-3,9H2,1H3,(H,23,29)(H2,24,25,26). The van der Waals surface area contributed by atoms with Gasteiger partial charge >= 0.3 is 0 Å². The third-order valence-electron chi connectivity index (χ3n) is 4.90. The number of hydrogen-bond donors (Lipinski definition) is 3. The van der Waals surface area contributed by atoms with Crippen molar-refractivity contribution in [2.45, 2.75) is 31.2 Å². The van der Waals surface area contributed by atoms with E-state index >= 15 is 0 Å². The Morgan fingerprint density at radius 3 is 2.80 bits per heavy atom. The zero-order valence-electron chi connectivity index (χ0n) is 16.2. The van der Waals surface area contributed by atoms with E-state index in [9.17, 15) is 4.79 Å². The molecule has 3 N–H and O–H groups in total. The minimum atomic E-state index is 0.110. The number of anilines is 2. The molecule has 154 valence electrons. The fourth-order valence-corrected chi connectivity index (χ4v) is 4.32. The number of hydrazine groups is 1. The Balaban J connectivity index is 1.34. The van der Waals surface area contributed by atoms with Crippen molar-refractivity contribution in [3.05, 3.63) is 59.4 Å². The average Bonchev–Trinajstić information content (AvgIpc) is 3.41. The molecule has 1 aliphatic heterocycles. The van der Waals surface area contributed by atoms with E-state index in [1.54, 1.807) is 18.1 Å². The van der Waals surface area contributed by atoms with Crippen LogP contribution in [0, 0.1) is 12.8 Å². The third kappa shape index (κ3) is 4.03. The number of carbonyl (C=O) groups excluding carboxylic acids is 1. The molecule has 5 rings (SSSR count). The van der Waals surface area contributed by atoms with Crippen molar-refractivity contribution in [1.82, 2.24) is 24.8 Å². The number of H-pyrrole nitrogens is 1. The number of carbonyl (C=O) groups is 1. The minimum Gasteiger partial charge on any atom is -0.326 e. The maximum Gasteiger partial charge on any atom is 0.227 e. The first-order chi connectivity index (χ1) is 14.5. The van der Waals surface area contributed by atoms with Crippen LogP contribution >= 0.6 is 23.4 Å². The van der Waals surface area contributed by atoms with E-state index in [-0.39, 0.29) is 11.8 Å². The second-order valence-corrected chi connectivity index (χ2v) is 8.84. The van der Waals surface area contributed by atoms with Gasteiger partial charge in [-0.05, 0) is 44.0 Å². The van der Waals surface area contributed by atoms with Gasteiger partial charge in [0.2, 0.25) is 5.91 Å². The SMILES string of the molecule is Cc1cc(NN2C=C(Sc3ccc(NC(=O)C4CC4)cc3)n3cnc(Cl)c3C2)n[nH]1. The Kier molecular flexibility index (Phi) is 4.92. The first-order valence-electron chi connectivity index (χ1n) is 9.63. The van der Waals surface area contributed by atoms with Crippen LogP contribution in [-0.4, -0.2) is 30.7 Å². The summed E-state index contributed by atoms with van der Waals surface area (Å²) >= 11 is 7.90. The lowest BCUT2D eigenvalue weighted by atomic mass is 10.3. The van der Waals surface area contributed by atoms with Crippen molar-refractivity contribution in [3.8, 4) is 0 Å². The Morgan fingerprint density at radius 2 is 2.10 bits per heavy atom. The van der Waals surface area contributed by atoms with Gasteiger partial charge < -0.3 is 5.32 Å². The smallest absolute Gasteiger partial charge is 0.227 e.